The standard InChI is InChI=1S/C18H24N2S/c1-5-16-13(4)21-18(20-16)17(19-15-6-7-15)14-9-11(2)8-12(3)10-14/h8-10,15,17,19H,5-7H2,1-4H3. The molecular formula is C18H24N2S. The third-order valence-corrected chi connectivity index (χ3v) is 5.13. The number of nitrogens with zero attached hydrogens (tertiary/aromatic N) is 1. The van der Waals surface area contributed by atoms with Crippen molar-refractivity contribution in [1.29, 1.82) is 0 Å². The van der Waals surface area contributed by atoms with Crippen molar-refractivity contribution in [3.8, 4) is 0 Å². The molecule has 1 aliphatic rings. The summed E-state index contributed by atoms with van der Waals surface area (Å²) in [7, 11) is 0. The maximum absolute atomic E-state index is 4.90. The predicted molar refractivity (Wildman–Crippen MR) is 90.1 cm³/mol. The van der Waals surface area contributed by atoms with Crippen molar-refractivity contribution in [3.63, 3.8) is 0 Å². The zero-order valence-electron chi connectivity index (χ0n) is 13.4. The minimum Gasteiger partial charge on any atom is -0.301 e. The van der Waals surface area contributed by atoms with Gasteiger partial charge in [0.2, 0.25) is 0 Å². The number of benzene rings is 1. The van der Waals surface area contributed by atoms with Crippen LogP contribution in [0.4, 0.5) is 0 Å². The Balaban J connectivity index is 1.99. The van der Waals surface area contributed by atoms with Gasteiger partial charge >= 0.3 is 0 Å². The highest BCUT2D eigenvalue weighted by atomic mass is 32.1. The lowest BCUT2D eigenvalue weighted by Crippen LogP contribution is -2.24. The maximum atomic E-state index is 4.90. The first kappa shape index (κ1) is 14.7. The molecule has 21 heavy (non-hydrogen) atoms. The highest BCUT2D eigenvalue weighted by Gasteiger charge is 2.28. The number of thiazole rings is 1. The van der Waals surface area contributed by atoms with Crippen LogP contribution in [0, 0.1) is 20.8 Å². The molecule has 0 saturated heterocycles. The van der Waals surface area contributed by atoms with Gasteiger partial charge in [-0.05, 0) is 45.6 Å². The quantitative estimate of drug-likeness (QED) is 0.881. The van der Waals surface area contributed by atoms with Crippen molar-refractivity contribution in [3.05, 3.63) is 50.5 Å². The molecule has 1 aromatic carbocycles. The first-order valence-corrected chi connectivity index (χ1v) is 8.69. The minimum absolute atomic E-state index is 0.250. The van der Waals surface area contributed by atoms with Gasteiger partial charge in [0.05, 0.1) is 11.7 Å². The molecule has 0 spiro atoms. The summed E-state index contributed by atoms with van der Waals surface area (Å²) >= 11 is 1.85. The van der Waals surface area contributed by atoms with Crippen molar-refractivity contribution < 1.29 is 0 Å². The summed E-state index contributed by atoms with van der Waals surface area (Å²) in [6.45, 7) is 8.73. The highest BCUT2D eigenvalue weighted by Crippen LogP contribution is 2.33. The molecule has 1 saturated carbocycles. The molecule has 1 fully saturated rings. The highest BCUT2D eigenvalue weighted by molar-refractivity contribution is 7.11. The summed E-state index contributed by atoms with van der Waals surface area (Å²) in [5, 5.41) is 5.01. The molecule has 0 bridgehead atoms. The summed E-state index contributed by atoms with van der Waals surface area (Å²) in [4.78, 5) is 6.26. The van der Waals surface area contributed by atoms with E-state index < -0.39 is 0 Å². The fraction of sp³-hybridized carbons (Fsp3) is 0.500. The number of nitrogens with one attached hydrogen (secondary N) is 1. The second kappa shape index (κ2) is 5.90. The zero-order valence-corrected chi connectivity index (χ0v) is 14.2. The van der Waals surface area contributed by atoms with E-state index in [1.54, 1.807) is 0 Å². The van der Waals surface area contributed by atoms with E-state index >= 15 is 0 Å². The van der Waals surface area contributed by atoms with E-state index in [2.05, 4.69) is 51.2 Å². The van der Waals surface area contributed by atoms with Gasteiger partial charge in [0.15, 0.2) is 0 Å². The molecule has 0 aliphatic heterocycles. The molecule has 2 aromatic rings. The zero-order chi connectivity index (χ0) is 15.0. The van der Waals surface area contributed by atoms with Gasteiger partial charge < -0.3 is 5.32 Å². The van der Waals surface area contributed by atoms with Crippen LogP contribution < -0.4 is 5.32 Å². The first-order valence-electron chi connectivity index (χ1n) is 7.87. The van der Waals surface area contributed by atoms with Crippen molar-refractivity contribution in [2.24, 2.45) is 0 Å². The van der Waals surface area contributed by atoms with Crippen molar-refractivity contribution in [1.82, 2.24) is 10.3 Å². The van der Waals surface area contributed by atoms with Crippen LogP contribution in [0.3, 0.4) is 0 Å². The summed E-state index contributed by atoms with van der Waals surface area (Å²) < 4.78 is 0. The predicted octanol–water partition coefficient (Wildman–Crippen LogP) is 4.47. The second-order valence-electron chi connectivity index (χ2n) is 6.20. The van der Waals surface area contributed by atoms with Crippen LogP contribution in [-0.4, -0.2) is 11.0 Å². The van der Waals surface area contributed by atoms with Crippen LogP contribution in [0.2, 0.25) is 0 Å². The number of aryl methyl sites for hydroxylation is 4. The molecule has 0 radical (unpaired) electrons. The van der Waals surface area contributed by atoms with Crippen molar-refractivity contribution in [2.45, 2.75) is 59.0 Å². The Morgan fingerprint density at radius 3 is 2.38 bits per heavy atom. The van der Waals surface area contributed by atoms with Crippen LogP contribution >= 0.6 is 11.3 Å². The van der Waals surface area contributed by atoms with Gasteiger partial charge in [0.25, 0.3) is 0 Å². The molecule has 1 atom stereocenters. The van der Waals surface area contributed by atoms with E-state index in [9.17, 15) is 0 Å². The Labute approximate surface area is 131 Å². The van der Waals surface area contributed by atoms with Crippen LogP contribution in [0.25, 0.3) is 0 Å². The topological polar surface area (TPSA) is 24.9 Å². The van der Waals surface area contributed by atoms with E-state index in [-0.39, 0.29) is 6.04 Å². The normalized spacial score (nSPS) is 16.2. The third-order valence-electron chi connectivity index (χ3n) is 4.05. The second-order valence-corrected chi connectivity index (χ2v) is 7.44. The van der Waals surface area contributed by atoms with Gasteiger partial charge in [0, 0.05) is 10.9 Å². The smallest absolute Gasteiger partial charge is 0.115 e. The lowest BCUT2D eigenvalue weighted by molar-refractivity contribution is 0.596. The lowest BCUT2D eigenvalue weighted by Gasteiger charge is -2.18. The van der Waals surface area contributed by atoms with Crippen molar-refractivity contribution in [2.75, 3.05) is 0 Å². The summed E-state index contributed by atoms with van der Waals surface area (Å²) in [6.07, 6.45) is 3.61. The molecule has 1 unspecified atom stereocenters. The molecule has 1 heterocycles. The van der Waals surface area contributed by atoms with E-state index in [0.717, 1.165) is 6.42 Å². The Morgan fingerprint density at radius 1 is 1.19 bits per heavy atom. The number of hydrogen-bond donors (Lipinski definition) is 1. The Kier molecular flexibility index (Phi) is 4.14. The molecule has 112 valence electrons. The van der Waals surface area contributed by atoms with Crippen molar-refractivity contribution >= 4 is 11.3 Å². The van der Waals surface area contributed by atoms with Gasteiger partial charge in [0.1, 0.15) is 5.01 Å². The van der Waals surface area contributed by atoms with E-state index in [1.807, 2.05) is 11.3 Å². The minimum atomic E-state index is 0.250. The SMILES string of the molecule is CCc1nc(C(NC2CC2)c2cc(C)cc(C)c2)sc1C. The van der Waals surface area contributed by atoms with Crippen LogP contribution in [-0.2, 0) is 6.42 Å². The molecule has 1 aliphatic carbocycles. The van der Waals surface area contributed by atoms with Crippen LogP contribution in [0.5, 0.6) is 0 Å². The number of rotatable bonds is 5. The fourth-order valence-corrected chi connectivity index (χ4v) is 3.97. The fourth-order valence-electron chi connectivity index (χ4n) is 2.87. The Morgan fingerprint density at radius 2 is 1.86 bits per heavy atom. The molecular weight excluding hydrogens is 276 g/mol. The Bertz CT molecular complexity index is 620. The van der Waals surface area contributed by atoms with Gasteiger partial charge in [-0.1, -0.05) is 36.2 Å². The summed E-state index contributed by atoms with van der Waals surface area (Å²) in [6, 6.07) is 7.76. The molecule has 3 heteroatoms. The monoisotopic (exact) mass is 300 g/mol. The molecule has 1 aromatic heterocycles. The lowest BCUT2D eigenvalue weighted by atomic mass is 10.0. The summed E-state index contributed by atoms with van der Waals surface area (Å²) in [5.74, 6) is 0. The van der Waals surface area contributed by atoms with E-state index in [4.69, 9.17) is 4.98 Å². The molecule has 3 rings (SSSR count). The van der Waals surface area contributed by atoms with E-state index in [0.29, 0.717) is 6.04 Å². The van der Waals surface area contributed by atoms with Gasteiger partial charge in [-0.15, -0.1) is 11.3 Å². The van der Waals surface area contributed by atoms with Gasteiger partial charge in [-0.2, -0.15) is 0 Å². The van der Waals surface area contributed by atoms with Gasteiger partial charge in [-0.25, -0.2) is 4.98 Å². The molecule has 0 amide bonds. The summed E-state index contributed by atoms with van der Waals surface area (Å²) in [5.41, 5.74) is 5.27. The first-order chi connectivity index (χ1) is 10.1. The third kappa shape index (κ3) is 3.35. The number of hydrogen-bond acceptors (Lipinski definition) is 3. The molecule has 1 N–H and O–H groups in total. The number of aromatic nitrogens is 1. The van der Waals surface area contributed by atoms with E-state index in [1.165, 1.54) is 45.1 Å². The maximum Gasteiger partial charge on any atom is 0.115 e. The average molecular weight is 300 g/mol. The van der Waals surface area contributed by atoms with Crippen LogP contribution in [0.1, 0.15) is 58.1 Å². The largest absolute Gasteiger partial charge is 0.301 e. The van der Waals surface area contributed by atoms with Gasteiger partial charge in [-0.3, -0.25) is 0 Å². The molecule has 2 nitrogen and oxygen atoms in total. The average Bonchev–Trinajstić information content (AvgIpc) is 3.17. The van der Waals surface area contributed by atoms with Crippen LogP contribution in [0.15, 0.2) is 18.2 Å². The Hall–Kier alpha value is -1.19.